The van der Waals surface area contributed by atoms with Gasteiger partial charge in [-0.05, 0) is 46.3 Å². The summed E-state index contributed by atoms with van der Waals surface area (Å²) in [7, 11) is 0. The van der Waals surface area contributed by atoms with Crippen LogP contribution in [0.4, 0.5) is 11.4 Å². The smallest absolute Gasteiger partial charge is 0.250 e. The van der Waals surface area contributed by atoms with Crippen LogP contribution in [-0.4, -0.2) is 10.5 Å². The molecule has 0 unspecified atom stereocenters. The second kappa shape index (κ2) is 6.38. The molecular formula is C14H14BrN3O2. The Morgan fingerprint density at radius 1 is 1.20 bits per heavy atom. The Labute approximate surface area is 124 Å². The number of rotatable bonds is 4. The van der Waals surface area contributed by atoms with E-state index in [0.29, 0.717) is 17.9 Å². The summed E-state index contributed by atoms with van der Waals surface area (Å²) in [5.41, 5.74) is 6.76. The number of nitrogen functional groups attached to an aromatic ring is 1. The van der Waals surface area contributed by atoms with Crippen molar-refractivity contribution in [3.63, 3.8) is 0 Å². The van der Waals surface area contributed by atoms with E-state index in [2.05, 4.69) is 21.2 Å². The van der Waals surface area contributed by atoms with Gasteiger partial charge in [0.25, 0.3) is 5.56 Å². The predicted molar refractivity (Wildman–Crippen MR) is 82.5 cm³/mol. The number of pyridine rings is 1. The molecule has 0 radical (unpaired) electrons. The van der Waals surface area contributed by atoms with Crippen molar-refractivity contribution in [2.24, 2.45) is 0 Å². The van der Waals surface area contributed by atoms with Crippen LogP contribution < -0.4 is 16.6 Å². The Morgan fingerprint density at radius 3 is 2.60 bits per heavy atom. The lowest BCUT2D eigenvalue weighted by atomic mass is 10.2. The number of hydrogen-bond donors (Lipinski definition) is 2. The third kappa shape index (κ3) is 3.96. The Morgan fingerprint density at radius 2 is 1.90 bits per heavy atom. The first kappa shape index (κ1) is 14.3. The van der Waals surface area contributed by atoms with Crippen LogP contribution in [0.3, 0.4) is 0 Å². The van der Waals surface area contributed by atoms with E-state index in [1.165, 1.54) is 10.6 Å². The number of amides is 1. The lowest BCUT2D eigenvalue weighted by Gasteiger charge is -2.07. The van der Waals surface area contributed by atoms with Gasteiger partial charge in [-0.2, -0.15) is 0 Å². The summed E-state index contributed by atoms with van der Waals surface area (Å²) in [5.74, 6) is -0.151. The largest absolute Gasteiger partial charge is 0.399 e. The van der Waals surface area contributed by atoms with Gasteiger partial charge in [0.2, 0.25) is 5.91 Å². The van der Waals surface area contributed by atoms with Gasteiger partial charge >= 0.3 is 0 Å². The lowest BCUT2D eigenvalue weighted by Crippen LogP contribution is -2.22. The van der Waals surface area contributed by atoms with E-state index in [9.17, 15) is 9.59 Å². The third-order valence-electron chi connectivity index (χ3n) is 2.72. The summed E-state index contributed by atoms with van der Waals surface area (Å²) in [6.45, 7) is 0.332. The molecule has 3 N–H and O–H groups in total. The zero-order valence-electron chi connectivity index (χ0n) is 10.7. The van der Waals surface area contributed by atoms with Gasteiger partial charge in [-0.3, -0.25) is 9.59 Å². The van der Waals surface area contributed by atoms with E-state index >= 15 is 0 Å². The average molecular weight is 336 g/mol. The van der Waals surface area contributed by atoms with E-state index in [0.717, 1.165) is 4.47 Å². The zero-order chi connectivity index (χ0) is 14.5. The summed E-state index contributed by atoms with van der Waals surface area (Å²) >= 11 is 3.29. The van der Waals surface area contributed by atoms with Crippen molar-refractivity contribution >= 4 is 33.2 Å². The molecule has 1 amide bonds. The predicted octanol–water partition coefficient (Wildman–Crippen LogP) is 2.22. The van der Waals surface area contributed by atoms with E-state index in [4.69, 9.17) is 5.73 Å². The van der Waals surface area contributed by atoms with E-state index in [-0.39, 0.29) is 17.9 Å². The van der Waals surface area contributed by atoms with E-state index in [1.54, 1.807) is 36.5 Å². The molecule has 0 saturated carbocycles. The first-order valence-electron chi connectivity index (χ1n) is 6.06. The standard InChI is InChI=1S/C14H14BrN3O2/c15-10-1-6-14(20)18(9-10)8-7-13(19)17-12-4-2-11(16)3-5-12/h1-6,9H,7-8,16H2,(H,17,19). The molecule has 0 atom stereocenters. The highest BCUT2D eigenvalue weighted by atomic mass is 79.9. The number of carbonyl (C=O) groups is 1. The molecule has 0 spiro atoms. The minimum Gasteiger partial charge on any atom is -0.399 e. The highest BCUT2D eigenvalue weighted by Gasteiger charge is 2.04. The summed E-state index contributed by atoms with van der Waals surface area (Å²) in [5, 5.41) is 2.75. The van der Waals surface area contributed by atoms with Crippen molar-refractivity contribution < 1.29 is 4.79 Å². The van der Waals surface area contributed by atoms with Crippen LogP contribution in [0.1, 0.15) is 6.42 Å². The van der Waals surface area contributed by atoms with Gasteiger partial charge in [0.15, 0.2) is 0 Å². The molecule has 2 aromatic rings. The molecule has 0 fully saturated rings. The summed E-state index contributed by atoms with van der Waals surface area (Å²) in [6, 6.07) is 10.0. The summed E-state index contributed by atoms with van der Waals surface area (Å²) in [4.78, 5) is 23.4. The van der Waals surface area contributed by atoms with Crippen molar-refractivity contribution in [3.05, 3.63) is 57.4 Å². The fourth-order valence-corrected chi connectivity index (χ4v) is 2.07. The van der Waals surface area contributed by atoms with Gasteiger partial charge in [0.05, 0.1) is 0 Å². The molecule has 5 nitrogen and oxygen atoms in total. The quantitative estimate of drug-likeness (QED) is 0.841. The number of aryl methyl sites for hydroxylation is 1. The molecule has 6 heteroatoms. The maximum atomic E-state index is 11.8. The molecule has 1 heterocycles. The molecule has 1 aromatic carbocycles. The van der Waals surface area contributed by atoms with Crippen LogP contribution in [-0.2, 0) is 11.3 Å². The molecule has 2 rings (SSSR count). The molecule has 20 heavy (non-hydrogen) atoms. The topological polar surface area (TPSA) is 77.1 Å². The molecule has 0 aliphatic heterocycles. The Kier molecular flexibility index (Phi) is 4.57. The van der Waals surface area contributed by atoms with Crippen LogP contribution in [0.25, 0.3) is 0 Å². The summed E-state index contributed by atoms with van der Waals surface area (Å²) < 4.78 is 2.29. The van der Waals surface area contributed by atoms with Crippen molar-refractivity contribution in [2.75, 3.05) is 11.1 Å². The third-order valence-corrected chi connectivity index (χ3v) is 3.19. The van der Waals surface area contributed by atoms with Gasteiger partial charge in [-0.15, -0.1) is 0 Å². The number of nitrogens with one attached hydrogen (secondary N) is 1. The van der Waals surface area contributed by atoms with Crippen LogP contribution >= 0.6 is 15.9 Å². The molecule has 0 aliphatic rings. The number of anilines is 2. The molecule has 1 aromatic heterocycles. The summed E-state index contributed by atoms with van der Waals surface area (Å²) in [6.07, 6.45) is 1.89. The first-order valence-corrected chi connectivity index (χ1v) is 6.85. The number of aromatic nitrogens is 1. The lowest BCUT2D eigenvalue weighted by molar-refractivity contribution is -0.116. The van der Waals surface area contributed by atoms with Crippen LogP contribution in [0.2, 0.25) is 0 Å². The molecule has 0 saturated heterocycles. The van der Waals surface area contributed by atoms with Crippen LogP contribution in [0.15, 0.2) is 51.9 Å². The van der Waals surface area contributed by atoms with Crippen molar-refractivity contribution in [1.82, 2.24) is 4.57 Å². The Balaban J connectivity index is 1.93. The number of halogens is 1. The minimum atomic E-state index is -0.151. The van der Waals surface area contributed by atoms with Crippen molar-refractivity contribution in [3.8, 4) is 0 Å². The van der Waals surface area contributed by atoms with Gasteiger partial charge < -0.3 is 15.6 Å². The Bertz CT molecular complexity index is 665. The molecule has 0 bridgehead atoms. The van der Waals surface area contributed by atoms with E-state index in [1.807, 2.05) is 0 Å². The molecular weight excluding hydrogens is 322 g/mol. The number of nitrogens with two attached hydrogens (primary N) is 1. The number of hydrogen-bond acceptors (Lipinski definition) is 3. The molecule has 0 aliphatic carbocycles. The van der Waals surface area contributed by atoms with Crippen LogP contribution in [0.5, 0.6) is 0 Å². The highest BCUT2D eigenvalue weighted by molar-refractivity contribution is 9.10. The van der Waals surface area contributed by atoms with Crippen LogP contribution in [0, 0.1) is 0 Å². The average Bonchev–Trinajstić information content (AvgIpc) is 2.42. The van der Waals surface area contributed by atoms with Crippen molar-refractivity contribution in [2.45, 2.75) is 13.0 Å². The monoisotopic (exact) mass is 335 g/mol. The normalized spacial score (nSPS) is 10.2. The first-order chi connectivity index (χ1) is 9.54. The minimum absolute atomic E-state index is 0.131. The van der Waals surface area contributed by atoms with Gasteiger partial charge in [0, 0.05) is 41.1 Å². The zero-order valence-corrected chi connectivity index (χ0v) is 12.3. The number of benzene rings is 1. The fourth-order valence-electron chi connectivity index (χ4n) is 1.69. The van der Waals surface area contributed by atoms with Crippen molar-refractivity contribution in [1.29, 1.82) is 0 Å². The Hall–Kier alpha value is -2.08. The maximum Gasteiger partial charge on any atom is 0.250 e. The maximum absolute atomic E-state index is 11.8. The number of carbonyl (C=O) groups excluding carboxylic acids is 1. The second-order valence-corrected chi connectivity index (χ2v) is 5.21. The fraction of sp³-hybridized carbons (Fsp3) is 0.143. The highest BCUT2D eigenvalue weighted by Crippen LogP contribution is 2.11. The SMILES string of the molecule is Nc1ccc(NC(=O)CCn2cc(Br)ccc2=O)cc1. The second-order valence-electron chi connectivity index (χ2n) is 4.30. The van der Waals surface area contributed by atoms with Gasteiger partial charge in [-0.25, -0.2) is 0 Å². The van der Waals surface area contributed by atoms with Gasteiger partial charge in [-0.1, -0.05) is 0 Å². The van der Waals surface area contributed by atoms with E-state index < -0.39 is 0 Å². The molecule has 104 valence electrons. The number of nitrogens with zero attached hydrogens (tertiary/aromatic N) is 1. The van der Waals surface area contributed by atoms with Gasteiger partial charge in [0.1, 0.15) is 0 Å².